The van der Waals surface area contributed by atoms with Gasteiger partial charge in [0.05, 0.1) is 7.11 Å². The quantitative estimate of drug-likeness (QED) is 0.767. The van der Waals surface area contributed by atoms with Gasteiger partial charge in [-0.25, -0.2) is 0 Å². The molecule has 0 amide bonds. The summed E-state index contributed by atoms with van der Waals surface area (Å²) >= 11 is 0. The summed E-state index contributed by atoms with van der Waals surface area (Å²) < 4.78 is 34.8. The van der Waals surface area contributed by atoms with Gasteiger partial charge >= 0.3 is 10.1 Å². The van der Waals surface area contributed by atoms with Crippen LogP contribution in [0.15, 0.2) is 53.4 Å². The average Bonchev–Trinajstić information content (AvgIpc) is 2.48. The topological polar surface area (TPSA) is 52.6 Å². The van der Waals surface area contributed by atoms with Crippen LogP contribution < -0.4 is 8.92 Å². The van der Waals surface area contributed by atoms with Gasteiger partial charge in [-0.15, -0.1) is 0 Å². The highest BCUT2D eigenvalue weighted by atomic mass is 32.2. The van der Waals surface area contributed by atoms with Gasteiger partial charge in [0.25, 0.3) is 0 Å². The van der Waals surface area contributed by atoms with E-state index in [1.165, 1.54) is 7.11 Å². The van der Waals surface area contributed by atoms with Gasteiger partial charge in [0.15, 0.2) is 11.5 Å². The molecular weight excluding hydrogens is 288 g/mol. The van der Waals surface area contributed by atoms with Crippen molar-refractivity contribution in [2.75, 3.05) is 7.11 Å². The smallest absolute Gasteiger partial charge is 0.339 e. The van der Waals surface area contributed by atoms with Crippen molar-refractivity contribution in [3.8, 4) is 11.5 Å². The third-order valence-electron chi connectivity index (χ3n) is 3.02. The number of para-hydroxylation sites is 2. The van der Waals surface area contributed by atoms with Gasteiger partial charge in [0.1, 0.15) is 4.90 Å². The highest BCUT2D eigenvalue weighted by Gasteiger charge is 2.18. The molecule has 0 atom stereocenters. The van der Waals surface area contributed by atoms with Crippen molar-refractivity contribution in [2.45, 2.75) is 24.7 Å². The average molecular weight is 306 g/mol. The Bertz CT molecular complexity index is 690. The third kappa shape index (κ3) is 3.76. The molecule has 0 saturated carbocycles. The van der Waals surface area contributed by atoms with Crippen LogP contribution in [0.5, 0.6) is 11.5 Å². The fourth-order valence-electron chi connectivity index (χ4n) is 1.97. The predicted molar refractivity (Wildman–Crippen MR) is 81.2 cm³/mol. The lowest BCUT2D eigenvalue weighted by Gasteiger charge is -2.10. The van der Waals surface area contributed by atoms with Crippen LogP contribution in [0.2, 0.25) is 0 Å². The summed E-state index contributed by atoms with van der Waals surface area (Å²) in [6.45, 7) is 2.08. The lowest BCUT2D eigenvalue weighted by atomic mass is 10.1. The minimum absolute atomic E-state index is 0.133. The maximum absolute atomic E-state index is 12.3. The van der Waals surface area contributed by atoms with Gasteiger partial charge in [0, 0.05) is 0 Å². The van der Waals surface area contributed by atoms with Gasteiger partial charge in [-0.1, -0.05) is 37.6 Å². The molecule has 0 unspecified atom stereocenters. The molecule has 2 aromatic rings. The molecule has 0 spiro atoms. The first-order chi connectivity index (χ1) is 10.1. The summed E-state index contributed by atoms with van der Waals surface area (Å²) in [4.78, 5) is 0.133. The first-order valence-electron chi connectivity index (χ1n) is 6.73. The molecule has 0 aromatic heterocycles. The van der Waals surface area contributed by atoms with Gasteiger partial charge < -0.3 is 8.92 Å². The number of ether oxygens (including phenoxy) is 1. The molecule has 0 radical (unpaired) electrons. The van der Waals surface area contributed by atoms with Crippen LogP contribution in [0.25, 0.3) is 0 Å². The zero-order valence-corrected chi connectivity index (χ0v) is 12.9. The first kappa shape index (κ1) is 15.4. The van der Waals surface area contributed by atoms with Crippen molar-refractivity contribution >= 4 is 10.1 Å². The zero-order chi connectivity index (χ0) is 15.3. The fourth-order valence-corrected chi connectivity index (χ4v) is 2.91. The van der Waals surface area contributed by atoms with E-state index in [0.717, 1.165) is 18.4 Å². The van der Waals surface area contributed by atoms with Crippen molar-refractivity contribution in [1.29, 1.82) is 0 Å². The van der Waals surface area contributed by atoms with E-state index in [1.54, 1.807) is 36.4 Å². The number of rotatable bonds is 6. The number of hydrogen-bond acceptors (Lipinski definition) is 4. The van der Waals surface area contributed by atoms with Crippen LogP contribution in [0, 0.1) is 0 Å². The highest BCUT2D eigenvalue weighted by molar-refractivity contribution is 7.87. The van der Waals surface area contributed by atoms with E-state index in [-0.39, 0.29) is 10.6 Å². The van der Waals surface area contributed by atoms with E-state index >= 15 is 0 Å². The van der Waals surface area contributed by atoms with Crippen molar-refractivity contribution in [1.82, 2.24) is 0 Å². The molecule has 2 aromatic carbocycles. The summed E-state index contributed by atoms with van der Waals surface area (Å²) in [7, 11) is -2.39. The third-order valence-corrected chi connectivity index (χ3v) is 4.27. The highest BCUT2D eigenvalue weighted by Crippen LogP contribution is 2.29. The Balaban J connectivity index is 2.25. The molecule has 0 saturated heterocycles. The number of hydrogen-bond donors (Lipinski definition) is 0. The largest absolute Gasteiger partial charge is 0.493 e. The van der Waals surface area contributed by atoms with Gasteiger partial charge in [-0.2, -0.15) is 8.42 Å². The first-order valence-corrected chi connectivity index (χ1v) is 8.14. The summed E-state index contributed by atoms with van der Waals surface area (Å²) in [5, 5.41) is 0. The monoisotopic (exact) mass is 306 g/mol. The van der Waals surface area contributed by atoms with E-state index < -0.39 is 10.1 Å². The standard InChI is InChI=1S/C16H18O4S/c1-3-6-13-9-11-14(12-10-13)21(17,18)20-16-8-5-4-7-15(16)19-2/h4-5,7-12H,3,6H2,1-2H3. The summed E-state index contributed by atoms with van der Waals surface area (Å²) in [5.41, 5.74) is 1.11. The second kappa shape index (κ2) is 6.63. The SMILES string of the molecule is CCCc1ccc(S(=O)(=O)Oc2ccccc2OC)cc1. The Hall–Kier alpha value is -2.01. The number of benzene rings is 2. The molecular formula is C16H18O4S. The van der Waals surface area contributed by atoms with Gasteiger partial charge in [-0.3, -0.25) is 0 Å². The van der Waals surface area contributed by atoms with E-state index in [4.69, 9.17) is 8.92 Å². The van der Waals surface area contributed by atoms with Crippen molar-refractivity contribution in [3.63, 3.8) is 0 Å². The Morgan fingerprint density at radius 3 is 2.14 bits per heavy atom. The molecule has 21 heavy (non-hydrogen) atoms. The minimum Gasteiger partial charge on any atom is -0.493 e. The molecule has 5 heteroatoms. The molecule has 2 rings (SSSR count). The molecule has 0 fully saturated rings. The summed E-state index contributed by atoms with van der Waals surface area (Å²) in [6, 6.07) is 13.4. The lowest BCUT2D eigenvalue weighted by molar-refractivity contribution is 0.390. The summed E-state index contributed by atoms with van der Waals surface area (Å²) in [5.74, 6) is 0.557. The van der Waals surface area contributed by atoms with Crippen molar-refractivity contribution in [2.24, 2.45) is 0 Å². The van der Waals surface area contributed by atoms with Crippen molar-refractivity contribution in [3.05, 3.63) is 54.1 Å². The Labute approximate surface area is 125 Å². The van der Waals surface area contributed by atoms with Crippen LogP contribution in [0.4, 0.5) is 0 Å². The molecule has 0 aliphatic carbocycles. The second-order valence-corrected chi connectivity index (χ2v) is 6.13. The molecule has 0 heterocycles. The normalized spacial score (nSPS) is 11.1. The molecule has 0 N–H and O–H groups in total. The van der Waals surface area contributed by atoms with Crippen LogP contribution in [0.3, 0.4) is 0 Å². The zero-order valence-electron chi connectivity index (χ0n) is 12.1. The predicted octanol–water partition coefficient (Wildman–Crippen LogP) is 3.42. The second-order valence-electron chi connectivity index (χ2n) is 4.58. The van der Waals surface area contributed by atoms with Crippen LogP contribution >= 0.6 is 0 Å². The summed E-state index contributed by atoms with van der Waals surface area (Å²) in [6.07, 6.45) is 1.94. The van der Waals surface area contributed by atoms with Crippen LogP contribution in [0.1, 0.15) is 18.9 Å². The minimum atomic E-state index is -3.86. The molecule has 0 aliphatic heterocycles. The molecule has 0 aliphatic rings. The lowest BCUT2D eigenvalue weighted by Crippen LogP contribution is -2.10. The Morgan fingerprint density at radius 2 is 1.57 bits per heavy atom. The molecule has 112 valence electrons. The van der Waals surface area contributed by atoms with Crippen molar-refractivity contribution < 1.29 is 17.3 Å². The molecule has 4 nitrogen and oxygen atoms in total. The van der Waals surface area contributed by atoms with E-state index in [0.29, 0.717) is 5.75 Å². The van der Waals surface area contributed by atoms with Gasteiger partial charge in [0.2, 0.25) is 0 Å². The van der Waals surface area contributed by atoms with E-state index in [9.17, 15) is 8.42 Å². The fraction of sp³-hybridized carbons (Fsp3) is 0.250. The number of aryl methyl sites for hydroxylation is 1. The maximum atomic E-state index is 12.3. The molecule has 0 bridgehead atoms. The van der Waals surface area contributed by atoms with Crippen LogP contribution in [-0.2, 0) is 16.5 Å². The number of methoxy groups -OCH3 is 1. The van der Waals surface area contributed by atoms with Gasteiger partial charge in [-0.05, 0) is 36.2 Å². The Kier molecular flexibility index (Phi) is 4.85. The Morgan fingerprint density at radius 1 is 0.952 bits per heavy atom. The van der Waals surface area contributed by atoms with E-state index in [1.807, 2.05) is 12.1 Å². The van der Waals surface area contributed by atoms with E-state index in [2.05, 4.69) is 6.92 Å². The van der Waals surface area contributed by atoms with Crippen LogP contribution in [-0.4, -0.2) is 15.5 Å². The maximum Gasteiger partial charge on any atom is 0.339 e.